The molecule has 1 amide bonds. The molecule has 6 heteroatoms. The van der Waals surface area contributed by atoms with Gasteiger partial charge in [-0.3, -0.25) is 9.69 Å². The van der Waals surface area contributed by atoms with Crippen LogP contribution in [0.2, 0.25) is 0 Å². The fraction of sp³-hybridized carbons (Fsp3) is 0.385. The molecule has 32 heavy (non-hydrogen) atoms. The minimum atomic E-state index is -0.150. The predicted octanol–water partition coefficient (Wildman–Crippen LogP) is 4.04. The van der Waals surface area contributed by atoms with Crippen molar-refractivity contribution in [2.24, 2.45) is 0 Å². The molecule has 2 aliphatic rings. The number of hydrogen-bond acceptors (Lipinski definition) is 4. The minimum Gasteiger partial charge on any atom is -0.492 e. The largest absolute Gasteiger partial charge is 0.492 e. The third-order valence-corrected chi connectivity index (χ3v) is 6.52. The van der Waals surface area contributed by atoms with Gasteiger partial charge in [0.2, 0.25) is 0 Å². The number of imidazole rings is 1. The summed E-state index contributed by atoms with van der Waals surface area (Å²) in [6, 6.07) is 20.9. The van der Waals surface area contributed by atoms with E-state index >= 15 is 0 Å². The first-order valence-electron chi connectivity index (χ1n) is 11.6. The van der Waals surface area contributed by atoms with E-state index in [0.717, 1.165) is 24.7 Å². The van der Waals surface area contributed by atoms with Crippen molar-refractivity contribution >= 4 is 5.91 Å². The molecule has 166 valence electrons. The Morgan fingerprint density at radius 2 is 1.72 bits per heavy atom. The van der Waals surface area contributed by atoms with E-state index in [1.165, 1.54) is 31.2 Å². The highest BCUT2D eigenvalue weighted by Gasteiger charge is 2.36. The van der Waals surface area contributed by atoms with Gasteiger partial charge in [-0.05, 0) is 30.5 Å². The summed E-state index contributed by atoms with van der Waals surface area (Å²) in [6.07, 6.45) is 7.01. The molecule has 0 spiro atoms. The second-order valence-electron chi connectivity index (χ2n) is 8.58. The number of nitrogens with one attached hydrogen (secondary N) is 1. The molecule has 1 aliphatic heterocycles. The Morgan fingerprint density at radius 1 is 1.00 bits per heavy atom. The Balaban J connectivity index is 1.30. The molecule has 5 rings (SSSR count). The van der Waals surface area contributed by atoms with Gasteiger partial charge in [0.05, 0.1) is 12.6 Å². The van der Waals surface area contributed by atoms with Gasteiger partial charge < -0.3 is 14.6 Å². The molecule has 1 aromatic heterocycles. The number of fused-ring (bicyclic) bond motifs is 1. The number of nitrogens with zero attached hydrogens (tertiary/aromatic N) is 3. The fourth-order valence-electron chi connectivity index (χ4n) is 4.98. The summed E-state index contributed by atoms with van der Waals surface area (Å²) in [7, 11) is 0. The van der Waals surface area contributed by atoms with Crippen LogP contribution in [-0.4, -0.2) is 46.1 Å². The molecule has 0 radical (unpaired) electrons. The number of rotatable bonds is 7. The number of aromatic nitrogens is 2. The molecule has 6 nitrogen and oxygen atoms in total. The molecular formula is C26H30N4O2. The van der Waals surface area contributed by atoms with Gasteiger partial charge in [0.15, 0.2) is 0 Å². The van der Waals surface area contributed by atoms with Gasteiger partial charge in [-0.1, -0.05) is 61.4 Å². The van der Waals surface area contributed by atoms with Crippen LogP contribution in [0.4, 0.5) is 0 Å². The summed E-state index contributed by atoms with van der Waals surface area (Å²) in [5.74, 6) is 1.62. The summed E-state index contributed by atoms with van der Waals surface area (Å²) in [4.78, 5) is 20.2. The van der Waals surface area contributed by atoms with E-state index in [9.17, 15) is 4.79 Å². The zero-order valence-electron chi connectivity index (χ0n) is 18.3. The van der Waals surface area contributed by atoms with Gasteiger partial charge in [0.25, 0.3) is 5.91 Å². The van der Waals surface area contributed by atoms with Crippen LogP contribution in [0, 0.1) is 0 Å². The quantitative estimate of drug-likeness (QED) is 0.575. The fourth-order valence-corrected chi connectivity index (χ4v) is 4.98. The highest BCUT2D eigenvalue weighted by Crippen LogP contribution is 2.37. The molecule has 3 aromatic rings. The molecule has 0 saturated heterocycles. The van der Waals surface area contributed by atoms with Crippen LogP contribution in [0.3, 0.4) is 0 Å². The summed E-state index contributed by atoms with van der Waals surface area (Å²) in [5.41, 5.74) is 1.73. The minimum absolute atomic E-state index is 0.0935. The molecule has 1 aliphatic carbocycles. The summed E-state index contributed by atoms with van der Waals surface area (Å²) >= 11 is 0. The summed E-state index contributed by atoms with van der Waals surface area (Å²) < 4.78 is 7.84. The highest BCUT2D eigenvalue weighted by atomic mass is 16.5. The van der Waals surface area contributed by atoms with E-state index in [2.05, 4.69) is 45.1 Å². The lowest BCUT2D eigenvalue weighted by Crippen LogP contribution is -2.44. The topological polar surface area (TPSA) is 59.4 Å². The van der Waals surface area contributed by atoms with Crippen molar-refractivity contribution in [3.63, 3.8) is 0 Å². The molecule has 1 unspecified atom stereocenters. The molecule has 1 atom stereocenters. The highest BCUT2D eigenvalue weighted by molar-refractivity contribution is 5.92. The predicted molar refractivity (Wildman–Crippen MR) is 124 cm³/mol. The summed E-state index contributed by atoms with van der Waals surface area (Å²) in [5, 5.41) is 2.95. The molecule has 1 fully saturated rings. The van der Waals surface area contributed by atoms with Gasteiger partial charge in [-0.15, -0.1) is 0 Å². The standard InChI is InChI=1S/C26H30N4O2/c31-26(27-15-18-32-22-13-5-2-6-14-22)23-19-29-16-17-30(21-11-7-8-12-21)24(25(29)28-23)20-9-3-1-4-10-20/h1-6,9-10,13-14,19,21,24H,7-8,11-12,15-18H2,(H,27,31). The zero-order valence-corrected chi connectivity index (χ0v) is 18.3. The first-order valence-corrected chi connectivity index (χ1v) is 11.6. The van der Waals surface area contributed by atoms with Crippen molar-refractivity contribution in [1.29, 1.82) is 0 Å². The molecule has 1 saturated carbocycles. The second-order valence-corrected chi connectivity index (χ2v) is 8.58. The SMILES string of the molecule is O=C(NCCOc1ccccc1)c1cn2c(n1)C(c1ccccc1)N(C1CCCC1)CC2. The maximum absolute atomic E-state index is 12.8. The number of amides is 1. The van der Waals surface area contributed by atoms with Crippen molar-refractivity contribution in [3.8, 4) is 5.75 Å². The third kappa shape index (κ3) is 4.41. The van der Waals surface area contributed by atoms with Crippen molar-refractivity contribution < 1.29 is 9.53 Å². The number of hydrogen-bond donors (Lipinski definition) is 1. The molecule has 2 aromatic carbocycles. The van der Waals surface area contributed by atoms with Crippen LogP contribution in [0.1, 0.15) is 53.6 Å². The number of para-hydroxylation sites is 1. The Kier molecular flexibility index (Phi) is 6.21. The first-order chi connectivity index (χ1) is 15.8. The van der Waals surface area contributed by atoms with E-state index in [-0.39, 0.29) is 11.9 Å². The Morgan fingerprint density at radius 3 is 2.47 bits per heavy atom. The number of ether oxygens (including phenoxy) is 1. The van der Waals surface area contributed by atoms with Crippen LogP contribution in [0.25, 0.3) is 0 Å². The van der Waals surface area contributed by atoms with Gasteiger partial charge in [0.1, 0.15) is 23.9 Å². The molecular weight excluding hydrogens is 400 g/mol. The van der Waals surface area contributed by atoms with E-state index in [1.807, 2.05) is 36.5 Å². The lowest BCUT2D eigenvalue weighted by molar-refractivity contribution is 0.0942. The third-order valence-electron chi connectivity index (χ3n) is 6.52. The van der Waals surface area contributed by atoms with E-state index in [4.69, 9.17) is 9.72 Å². The van der Waals surface area contributed by atoms with Crippen LogP contribution >= 0.6 is 0 Å². The Bertz CT molecular complexity index is 1030. The van der Waals surface area contributed by atoms with E-state index < -0.39 is 0 Å². The first kappa shape index (κ1) is 20.8. The van der Waals surface area contributed by atoms with Gasteiger partial charge >= 0.3 is 0 Å². The normalized spacial score (nSPS) is 18.9. The second kappa shape index (κ2) is 9.57. The lowest BCUT2D eigenvalue weighted by atomic mass is 10.00. The van der Waals surface area contributed by atoms with Crippen molar-refractivity contribution in [2.45, 2.75) is 44.3 Å². The number of benzene rings is 2. The summed E-state index contributed by atoms with van der Waals surface area (Å²) in [6.45, 7) is 2.71. The zero-order chi connectivity index (χ0) is 21.8. The van der Waals surface area contributed by atoms with Crippen molar-refractivity contribution in [2.75, 3.05) is 19.7 Å². The van der Waals surface area contributed by atoms with E-state index in [0.29, 0.717) is 24.9 Å². The average molecular weight is 431 g/mol. The average Bonchev–Trinajstić information content (AvgIpc) is 3.52. The number of carbonyl (C=O) groups excluding carboxylic acids is 1. The lowest BCUT2D eigenvalue weighted by Gasteiger charge is -2.40. The monoisotopic (exact) mass is 430 g/mol. The van der Waals surface area contributed by atoms with Gasteiger partial charge in [-0.25, -0.2) is 4.98 Å². The van der Waals surface area contributed by atoms with Crippen molar-refractivity contribution in [3.05, 3.63) is 83.9 Å². The van der Waals surface area contributed by atoms with Gasteiger partial charge in [-0.2, -0.15) is 0 Å². The van der Waals surface area contributed by atoms with Crippen LogP contribution < -0.4 is 10.1 Å². The Labute approximate surface area is 189 Å². The molecule has 1 N–H and O–H groups in total. The maximum Gasteiger partial charge on any atom is 0.271 e. The van der Waals surface area contributed by atoms with Gasteiger partial charge in [0, 0.05) is 25.3 Å². The van der Waals surface area contributed by atoms with Crippen LogP contribution in [0.15, 0.2) is 66.9 Å². The van der Waals surface area contributed by atoms with Crippen LogP contribution in [0.5, 0.6) is 5.75 Å². The maximum atomic E-state index is 12.8. The molecule has 2 heterocycles. The number of carbonyl (C=O) groups is 1. The molecule has 0 bridgehead atoms. The van der Waals surface area contributed by atoms with Crippen LogP contribution in [-0.2, 0) is 6.54 Å². The smallest absolute Gasteiger partial charge is 0.271 e. The Hall–Kier alpha value is -3.12. The van der Waals surface area contributed by atoms with Crippen molar-refractivity contribution in [1.82, 2.24) is 19.8 Å². The van der Waals surface area contributed by atoms with E-state index in [1.54, 1.807) is 0 Å².